The van der Waals surface area contributed by atoms with Crippen molar-refractivity contribution in [2.75, 3.05) is 5.32 Å². The Bertz CT molecular complexity index is 702. The maximum absolute atomic E-state index is 12.4. The molecule has 23 heavy (non-hydrogen) atoms. The zero-order valence-electron chi connectivity index (χ0n) is 13.0. The van der Waals surface area contributed by atoms with E-state index in [-0.39, 0.29) is 5.91 Å². The molecule has 0 aliphatic carbocycles. The number of hydrogen-bond acceptors (Lipinski definition) is 3. The van der Waals surface area contributed by atoms with E-state index in [1.807, 2.05) is 0 Å². The molecule has 1 aromatic carbocycles. The second kappa shape index (κ2) is 7.24. The minimum absolute atomic E-state index is 0.337. The molecule has 0 atom stereocenters. The molecule has 0 radical (unpaired) electrons. The predicted molar refractivity (Wildman–Crippen MR) is 89.9 cm³/mol. The third-order valence-corrected chi connectivity index (χ3v) is 3.79. The number of benzene rings is 1. The van der Waals surface area contributed by atoms with Gasteiger partial charge in [-0.25, -0.2) is 0 Å². The second-order valence-electron chi connectivity index (χ2n) is 5.60. The van der Waals surface area contributed by atoms with Crippen LogP contribution >= 0.6 is 11.6 Å². The van der Waals surface area contributed by atoms with Gasteiger partial charge >= 0.3 is 0 Å². The Morgan fingerprint density at radius 1 is 1.09 bits per heavy atom. The molecule has 1 heterocycles. The highest BCUT2D eigenvalue weighted by Gasteiger charge is 2.36. The topological polar surface area (TPSA) is 71.1 Å². The van der Waals surface area contributed by atoms with Gasteiger partial charge in [-0.15, -0.1) is 0 Å². The van der Waals surface area contributed by atoms with Crippen molar-refractivity contribution in [3.63, 3.8) is 0 Å². The van der Waals surface area contributed by atoms with Crippen LogP contribution in [-0.2, 0) is 16.1 Å². The van der Waals surface area contributed by atoms with Gasteiger partial charge in [-0.3, -0.25) is 14.6 Å². The van der Waals surface area contributed by atoms with Gasteiger partial charge < -0.3 is 10.6 Å². The number of amides is 2. The third-order valence-electron chi connectivity index (χ3n) is 3.46. The molecule has 0 bridgehead atoms. The van der Waals surface area contributed by atoms with E-state index in [0.717, 1.165) is 5.56 Å². The van der Waals surface area contributed by atoms with Gasteiger partial charge in [-0.1, -0.05) is 23.7 Å². The first-order valence-corrected chi connectivity index (χ1v) is 7.52. The number of carbonyl (C=O) groups excluding carboxylic acids is 2. The van der Waals surface area contributed by atoms with Crippen LogP contribution in [0.3, 0.4) is 0 Å². The van der Waals surface area contributed by atoms with Gasteiger partial charge in [0.1, 0.15) is 5.41 Å². The lowest BCUT2D eigenvalue weighted by Gasteiger charge is -2.23. The Balaban J connectivity index is 2.00. The average molecular weight is 332 g/mol. The zero-order valence-corrected chi connectivity index (χ0v) is 13.7. The highest BCUT2D eigenvalue weighted by molar-refractivity contribution is 6.33. The Morgan fingerprint density at radius 2 is 1.74 bits per heavy atom. The fourth-order valence-corrected chi connectivity index (χ4v) is 2.03. The fourth-order valence-electron chi connectivity index (χ4n) is 1.85. The molecule has 0 unspecified atom stereocenters. The lowest BCUT2D eigenvalue weighted by molar-refractivity contribution is -0.138. The smallest absolute Gasteiger partial charge is 0.239 e. The molecule has 6 heteroatoms. The summed E-state index contributed by atoms with van der Waals surface area (Å²) < 4.78 is 0. The zero-order chi connectivity index (χ0) is 16.9. The van der Waals surface area contributed by atoms with Gasteiger partial charge in [0.2, 0.25) is 11.8 Å². The molecule has 2 rings (SSSR count). The summed E-state index contributed by atoms with van der Waals surface area (Å²) in [6, 6.07) is 10.5. The van der Waals surface area contributed by atoms with Crippen molar-refractivity contribution in [1.82, 2.24) is 10.3 Å². The van der Waals surface area contributed by atoms with Gasteiger partial charge in [0, 0.05) is 18.9 Å². The summed E-state index contributed by atoms with van der Waals surface area (Å²) in [4.78, 5) is 28.6. The number of pyridine rings is 1. The number of carbonyl (C=O) groups is 2. The first kappa shape index (κ1) is 17.0. The summed E-state index contributed by atoms with van der Waals surface area (Å²) in [7, 11) is 0. The largest absolute Gasteiger partial charge is 0.351 e. The van der Waals surface area contributed by atoms with Crippen LogP contribution in [0.15, 0.2) is 48.8 Å². The van der Waals surface area contributed by atoms with Crippen molar-refractivity contribution in [2.45, 2.75) is 20.4 Å². The van der Waals surface area contributed by atoms with Gasteiger partial charge in [0.05, 0.1) is 10.7 Å². The first-order chi connectivity index (χ1) is 10.9. The third kappa shape index (κ3) is 4.29. The van der Waals surface area contributed by atoms with Crippen LogP contribution in [0.5, 0.6) is 0 Å². The van der Waals surface area contributed by atoms with Gasteiger partial charge in [0.25, 0.3) is 0 Å². The van der Waals surface area contributed by atoms with Crippen molar-refractivity contribution < 1.29 is 9.59 Å². The maximum Gasteiger partial charge on any atom is 0.239 e. The molecule has 5 nitrogen and oxygen atoms in total. The molecule has 0 saturated heterocycles. The van der Waals surface area contributed by atoms with Crippen LogP contribution in [0.1, 0.15) is 19.4 Å². The molecule has 0 saturated carbocycles. The van der Waals surface area contributed by atoms with Gasteiger partial charge in [-0.2, -0.15) is 0 Å². The van der Waals surface area contributed by atoms with Gasteiger partial charge in [-0.05, 0) is 43.7 Å². The molecule has 2 N–H and O–H groups in total. The van der Waals surface area contributed by atoms with Gasteiger partial charge in [0.15, 0.2) is 0 Å². The van der Waals surface area contributed by atoms with Crippen LogP contribution in [0, 0.1) is 5.41 Å². The molecular formula is C17H18ClN3O2. The molecule has 120 valence electrons. The maximum atomic E-state index is 12.4. The number of nitrogens with zero attached hydrogens (tertiary/aromatic N) is 1. The molecule has 1 aromatic heterocycles. The fraction of sp³-hybridized carbons (Fsp3) is 0.235. The Hall–Kier alpha value is -2.40. The highest BCUT2D eigenvalue weighted by Crippen LogP contribution is 2.24. The van der Waals surface area contributed by atoms with Crippen LogP contribution in [0.25, 0.3) is 0 Å². The van der Waals surface area contributed by atoms with Crippen LogP contribution in [0.2, 0.25) is 5.02 Å². The van der Waals surface area contributed by atoms with E-state index in [2.05, 4.69) is 15.6 Å². The molecule has 2 aromatic rings. The van der Waals surface area contributed by atoms with Crippen molar-refractivity contribution in [3.05, 3.63) is 59.4 Å². The Labute approximate surface area is 140 Å². The van der Waals surface area contributed by atoms with Crippen molar-refractivity contribution in [1.29, 1.82) is 0 Å². The summed E-state index contributed by atoms with van der Waals surface area (Å²) in [6.45, 7) is 3.48. The molecule has 0 fully saturated rings. The molecule has 0 spiro atoms. The van der Waals surface area contributed by atoms with Crippen molar-refractivity contribution in [2.24, 2.45) is 5.41 Å². The lowest BCUT2D eigenvalue weighted by atomic mass is 9.91. The van der Waals surface area contributed by atoms with E-state index in [4.69, 9.17) is 11.6 Å². The van der Waals surface area contributed by atoms with E-state index >= 15 is 0 Å². The standard InChI is InChI=1S/C17H18ClN3O2/c1-17(2,15(22)20-11-12-7-9-19-10-8-12)16(23)21-14-6-4-3-5-13(14)18/h3-10H,11H2,1-2H3,(H,20,22)(H,21,23). The number of rotatable bonds is 5. The number of aromatic nitrogens is 1. The summed E-state index contributed by atoms with van der Waals surface area (Å²) in [5, 5.41) is 5.87. The number of halogens is 1. The average Bonchev–Trinajstić information content (AvgIpc) is 2.55. The van der Waals surface area contributed by atoms with E-state index in [9.17, 15) is 9.59 Å². The molecule has 2 amide bonds. The van der Waals surface area contributed by atoms with Crippen LogP contribution < -0.4 is 10.6 Å². The quantitative estimate of drug-likeness (QED) is 0.827. The summed E-state index contributed by atoms with van der Waals surface area (Å²) in [5.41, 5.74) is 0.163. The molecule has 0 aliphatic heterocycles. The minimum Gasteiger partial charge on any atom is -0.351 e. The highest BCUT2D eigenvalue weighted by atomic mass is 35.5. The van der Waals surface area contributed by atoms with E-state index < -0.39 is 11.3 Å². The second-order valence-corrected chi connectivity index (χ2v) is 6.00. The number of nitrogens with one attached hydrogen (secondary N) is 2. The lowest BCUT2D eigenvalue weighted by Crippen LogP contribution is -2.44. The number of hydrogen-bond donors (Lipinski definition) is 2. The number of para-hydroxylation sites is 1. The van der Waals surface area contributed by atoms with Crippen molar-refractivity contribution in [3.8, 4) is 0 Å². The summed E-state index contributed by atoms with van der Waals surface area (Å²) >= 11 is 6.02. The number of anilines is 1. The molecule has 0 aliphatic rings. The Morgan fingerprint density at radius 3 is 2.39 bits per heavy atom. The van der Waals surface area contributed by atoms with Crippen molar-refractivity contribution >= 4 is 29.1 Å². The van der Waals surface area contributed by atoms with Crippen LogP contribution in [-0.4, -0.2) is 16.8 Å². The van der Waals surface area contributed by atoms with E-state index in [1.54, 1.807) is 62.6 Å². The molecular weight excluding hydrogens is 314 g/mol. The van der Waals surface area contributed by atoms with Crippen LogP contribution in [0.4, 0.5) is 5.69 Å². The predicted octanol–water partition coefficient (Wildman–Crippen LogP) is 3.02. The van der Waals surface area contributed by atoms with E-state index in [0.29, 0.717) is 17.3 Å². The summed E-state index contributed by atoms with van der Waals surface area (Å²) in [5.74, 6) is -0.781. The monoisotopic (exact) mass is 331 g/mol. The first-order valence-electron chi connectivity index (χ1n) is 7.14. The summed E-state index contributed by atoms with van der Waals surface area (Å²) in [6.07, 6.45) is 3.30. The normalized spacial score (nSPS) is 10.9. The van der Waals surface area contributed by atoms with E-state index in [1.165, 1.54) is 0 Å². The Kier molecular flexibility index (Phi) is 5.34. The SMILES string of the molecule is CC(C)(C(=O)NCc1ccncc1)C(=O)Nc1ccccc1Cl. The minimum atomic E-state index is -1.23.